The number of carbonyl (C=O) groups excluding carboxylic acids is 1. The van der Waals surface area contributed by atoms with E-state index in [1.165, 1.54) is 11.1 Å². The zero-order valence-electron chi connectivity index (χ0n) is 12.7. The van der Waals surface area contributed by atoms with Crippen molar-refractivity contribution in [2.45, 2.75) is 20.3 Å². The van der Waals surface area contributed by atoms with Crippen LogP contribution in [0.1, 0.15) is 28.5 Å². The van der Waals surface area contributed by atoms with Crippen molar-refractivity contribution in [2.75, 3.05) is 0 Å². The van der Waals surface area contributed by atoms with Crippen LogP contribution in [0.5, 0.6) is 0 Å². The molecule has 0 atom stereocenters. The van der Waals surface area contributed by atoms with Gasteiger partial charge in [-0.2, -0.15) is 0 Å². The monoisotopic (exact) mass is 291 g/mol. The van der Waals surface area contributed by atoms with Gasteiger partial charge in [-0.1, -0.05) is 54.1 Å². The van der Waals surface area contributed by atoms with E-state index < -0.39 is 0 Å². The van der Waals surface area contributed by atoms with Gasteiger partial charge < -0.3 is 0 Å². The summed E-state index contributed by atoms with van der Waals surface area (Å²) in [6, 6.07) is 16.1. The van der Waals surface area contributed by atoms with Crippen molar-refractivity contribution in [3.63, 3.8) is 0 Å². The summed E-state index contributed by atoms with van der Waals surface area (Å²) < 4.78 is 1.72. The van der Waals surface area contributed by atoms with Gasteiger partial charge >= 0.3 is 0 Å². The van der Waals surface area contributed by atoms with Crippen LogP contribution in [0.3, 0.4) is 0 Å². The van der Waals surface area contributed by atoms with E-state index in [2.05, 4.69) is 29.4 Å². The molecule has 0 aliphatic heterocycles. The Bertz CT molecular complexity index is 786. The van der Waals surface area contributed by atoms with Crippen LogP contribution in [0.4, 0.5) is 0 Å². The molecule has 22 heavy (non-hydrogen) atoms. The van der Waals surface area contributed by atoms with Crippen molar-refractivity contribution in [2.24, 2.45) is 0 Å². The fourth-order valence-corrected chi connectivity index (χ4v) is 2.41. The van der Waals surface area contributed by atoms with Crippen LogP contribution in [0.15, 0.2) is 48.5 Å². The third-order valence-corrected chi connectivity index (χ3v) is 3.72. The number of aryl methyl sites for hydroxylation is 2. The largest absolute Gasteiger partial charge is 0.296 e. The van der Waals surface area contributed by atoms with Crippen LogP contribution >= 0.6 is 0 Å². The van der Waals surface area contributed by atoms with Gasteiger partial charge in [0.15, 0.2) is 12.0 Å². The first-order valence-corrected chi connectivity index (χ1v) is 7.30. The van der Waals surface area contributed by atoms with E-state index >= 15 is 0 Å². The van der Waals surface area contributed by atoms with Gasteiger partial charge in [0.05, 0.1) is 5.69 Å². The number of benzene rings is 2. The fraction of sp³-hybridized carbons (Fsp3) is 0.167. The van der Waals surface area contributed by atoms with E-state index in [0.29, 0.717) is 5.69 Å². The Morgan fingerprint density at radius 3 is 2.32 bits per heavy atom. The van der Waals surface area contributed by atoms with Gasteiger partial charge in [0.1, 0.15) is 5.69 Å². The summed E-state index contributed by atoms with van der Waals surface area (Å²) in [5.41, 5.74) is 5.33. The second-order valence-electron chi connectivity index (χ2n) is 5.24. The second-order valence-corrected chi connectivity index (χ2v) is 5.24. The predicted molar refractivity (Wildman–Crippen MR) is 86.3 cm³/mol. The van der Waals surface area contributed by atoms with Crippen molar-refractivity contribution >= 4 is 6.29 Å². The van der Waals surface area contributed by atoms with Crippen molar-refractivity contribution in [1.82, 2.24) is 15.0 Å². The van der Waals surface area contributed by atoms with Crippen molar-refractivity contribution in [3.8, 4) is 16.9 Å². The van der Waals surface area contributed by atoms with Gasteiger partial charge in [-0.3, -0.25) is 4.79 Å². The van der Waals surface area contributed by atoms with Crippen molar-refractivity contribution in [1.29, 1.82) is 0 Å². The lowest BCUT2D eigenvalue weighted by Crippen LogP contribution is -2.00. The summed E-state index contributed by atoms with van der Waals surface area (Å²) in [6.45, 7) is 4.15. The Hall–Kier alpha value is -2.75. The van der Waals surface area contributed by atoms with E-state index in [1.807, 2.05) is 43.3 Å². The minimum absolute atomic E-state index is 0.350. The highest BCUT2D eigenvalue weighted by atomic mass is 16.1. The molecule has 1 aromatic heterocycles. The number of hydrogen-bond donors (Lipinski definition) is 0. The Morgan fingerprint density at radius 1 is 1.05 bits per heavy atom. The first-order chi connectivity index (χ1) is 10.7. The average molecular weight is 291 g/mol. The van der Waals surface area contributed by atoms with E-state index in [1.54, 1.807) is 4.68 Å². The second kappa shape index (κ2) is 5.93. The van der Waals surface area contributed by atoms with Crippen LogP contribution < -0.4 is 0 Å². The molecule has 3 rings (SSSR count). The Balaban J connectivity index is 2.13. The Labute approximate surface area is 129 Å². The smallest absolute Gasteiger partial charge is 0.172 e. The standard InChI is InChI=1S/C18H17N3O/c1-3-14-6-10-16(11-7-14)21-18(17(12-22)19-20-21)15-8-4-13(2)5-9-15/h4-12H,3H2,1-2H3. The highest BCUT2D eigenvalue weighted by molar-refractivity contribution is 5.84. The first-order valence-electron chi connectivity index (χ1n) is 7.30. The number of aromatic nitrogens is 3. The van der Waals surface area contributed by atoms with Crippen LogP contribution in [-0.2, 0) is 6.42 Å². The summed E-state index contributed by atoms with van der Waals surface area (Å²) in [7, 11) is 0. The molecule has 0 aliphatic rings. The van der Waals surface area contributed by atoms with Gasteiger partial charge in [0.2, 0.25) is 0 Å². The molecule has 3 aromatic rings. The van der Waals surface area contributed by atoms with E-state index in [9.17, 15) is 4.79 Å². The molecule has 0 N–H and O–H groups in total. The lowest BCUT2D eigenvalue weighted by Gasteiger charge is -2.08. The first kappa shape index (κ1) is 14.2. The molecular weight excluding hydrogens is 274 g/mol. The summed E-state index contributed by atoms with van der Waals surface area (Å²) in [5.74, 6) is 0. The van der Waals surface area contributed by atoms with Gasteiger partial charge in [0.25, 0.3) is 0 Å². The van der Waals surface area contributed by atoms with Gasteiger partial charge in [-0.05, 0) is 31.0 Å². The molecule has 1 heterocycles. The lowest BCUT2D eigenvalue weighted by atomic mass is 10.1. The maximum Gasteiger partial charge on any atom is 0.172 e. The number of carbonyl (C=O) groups is 1. The molecule has 0 radical (unpaired) electrons. The summed E-state index contributed by atoms with van der Waals surface area (Å²) >= 11 is 0. The van der Waals surface area contributed by atoms with Crippen molar-refractivity contribution in [3.05, 3.63) is 65.4 Å². The van der Waals surface area contributed by atoms with Gasteiger partial charge in [-0.25, -0.2) is 4.68 Å². The minimum atomic E-state index is 0.350. The lowest BCUT2D eigenvalue weighted by molar-refractivity contribution is 0.111. The number of aldehydes is 1. The maximum atomic E-state index is 11.3. The van der Waals surface area contributed by atoms with Gasteiger partial charge in [-0.15, -0.1) is 5.10 Å². The maximum absolute atomic E-state index is 11.3. The molecule has 0 bridgehead atoms. The molecule has 110 valence electrons. The summed E-state index contributed by atoms with van der Waals surface area (Å²) in [5, 5.41) is 8.14. The Morgan fingerprint density at radius 2 is 1.73 bits per heavy atom. The molecule has 0 fully saturated rings. The van der Waals surface area contributed by atoms with Crippen LogP contribution in [0.2, 0.25) is 0 Å². The van der Waals surface area contributed by atoms with Crippen LogP contribution in [0.25, 0.3) is 16.9 Å². The van der Waals surface area contributed by atoms with E-state index in [0.717, 1.165) is 29.7 Å². The SMILES string of the molecule is CCc1ccc(-n2nnc(C=O)c2-c2ccc(C)cc2)cc1. The summed E-state index contributed by atoms with van der Waals surface area (Å²) in [4.78, 5) is 11.3. The number of hydrogen-bond acceptors (Lipinski definition) is 3. The van der Waals surface area contributed by atoms with Crippen LogP contribution in [0, 0.1) is 6.92 Å². The third kappa shape index (κ3) is 2.55. The molecule has 4 nitrogen and oxygen atoms in total. The predicted octanol–water partition coefficient (Wildman–Crippen LogP) is 3.62. The normalized spacial score (nSPS) is 10.6. The minimum Gasteiger partial charge on any atom is -0.296 e. The highest BCUT2D eigenvalue weighted by Crippen LogP contribution is 2.25. The molecule has 0 saturated heterocycles. The zero-order chi connectivity index (χ0) is 15.5. The molecule has 0 aliphatic carbocycles. The van der Waals surface area contributed by atoms with E-state index in [4.69, 9.17) is 0 Å². The quantitative estimate of drug-likeness (QED) is 0.690. The summed E-state index contributed by atoms with van der Waals surface area (Å²) in [6.07, 6.45) is 1.74. The topological polar surface area (TPSA) is 47.8 Å². The third-order valence-electron chi connectivity index (χ3n) is 3.72. The fourth-order valence-electron chi connectivity index (χ4n) is 2.41. The van der Waals surface area contributed by atoms with Crippen LogP contribution in [-0.4, -0.2) is 21.3 Å². The average Bonchev–Trinajstić information content (AvgIpc) is 2.99. The van der Waals surface area contributed by atoms with E-state index in [-0.39, 0.29) is 0 Å². The molecule has 0 spiro atoms. The highest BCUT2D eigenvalue weighted by Gasteiger charge is 2.15. The number of nitrogens with zero attached hydrogens (tertiary/aromatic N) is 3. The molecule has 0 saturated carbocycles. The molecule has 0 unspecified atom stereocenters. The molecule has 0 amide bonds. The molecule has 2 aromatic carbocycles. The Kier molecular flexibility index (Phi) is 3.83. The molecular formula is C18H17N3O. The zero-order valence-corrected chi connectivity index (χ0v) is 12.7. The van der Waals surface area contributed by atoms with Gasteiger partial charge in [0, 0.05) is 5.56 Å². The molecule has 4 heteroatoms. The van der Waals surface area contributed by atoms with Crippen molar-refractivity contribution < 1.29 is 4.79 Å². The number of rotatable bonds is 4.